The van der Waals surface area contributed by atoms with Crippen LogP contribution >= 0.6 is 0 Å². The van der Waals surface area contributed by atoms with Gasteiger partial charge in [-0.25, -0.2) is 0 Å². The molecule has 16 heavy (non-hydrogen) atoms. The Bertz CT molecular complexity index is 260. The molecular formula is C13H25N3. The molecule has 3 nitrogen and oxygen atoms in total. The van der Waals surface area contributed by atoms with E-state index in [-0.39, 0.29) is 5.54 Å². The van der Waals surface area contributed by atoms with Crippen LogP contribution in [0.25, 0.3) is 0 Å². The van der Waals surface area contributed by atoms with Gasteiger partial charge in [0.25, 0.3) is 0 Å². The second kappa shape index (κ2) is 3.97. The van der Waals surface area contributed by atoms with E-state index in [0.717, 1.165) is 24.3 Å². The van der Waals surface area contributed by atoms with E-state index in [1.807, 2.05) is 0 Å². The summed E-state index contributed by atoms with van der Waals surface area (Å²) in [5.74, 6) is 2.71. The van der Waals surface area contributed by atoms with Crippen LogP contribution in [0.1, 0.15) is 26.2 Å². The molecule has 92 valence electrons. The number of nitrogens with two attached hydrogens (primary N) is 1. The van der Waals surface area contributed by atoms with Gasteiger partial charge in [0.1, 0.15) is 0 Å². The standard InChI is InChI=1S/C13H25N3/c1-10-6-11(10)7-15-13(8-14)9-16-4-2-12(13)3-5-16/h10-12,15H,2-9,14H2,1H3. The molecule has 4 fully saturated rings. The third-order valence-corrected chi connectivity index (χ3v) is 5.23. The summed E-state index contributed by atoms with van der Waals surface area (Å²) in [6, 6.07) is 0. The Morgan fingerprint density at radius 1 is 1.38 bits per heavy atom. The first-order valence-corrected chi connectivity index (χ1v) is 6.91. The predicted octanol–water partition coefficient (Wildman–Crippen LogP) is 0.655. The molecule has 3 heterocycles. The van der Waals surface area contributed by atoms with Crippen molar-refractivity contribution < 1.29 is 0 Å². The number of rotatable bonds is 4. The molecule has 3 unspecified atom stereocenters. The van der Waals surface area contributed by atoms with Gasteiger partial charge in [-0.15, -0.1) is 0 Å². The highest BCUT2D eigenvalue weighted by Gasteiger charge is 2.46. The molecule has 2 bridgehead atoms. The lowest BCUT2D eigenvalue weighted by Gasteiger charge is -2.53. The molecule has 1 saturated carbocycles. The van der Waals surface area contributed by atoms with Crippen molar-refractivity contribution in [2.45, 2.75) is 31.7 Å². The van der Waals surface area contributed by atoms with Gasteiger partial charge in [-0.1, -0.05) is 6.92 Å². The second-order valence-corrected chi connectivity index (χ2v) is 6.26. The van der Waals surface area contributed by atoms with Crippen LogP contribution in [0.15, 0.2) is 0 Å². The second-order valence-electron chi connectivity index (χ2n) is 6.26. The topological polar surface area (TPSA) is 41.3 Å². The van der Waals surface area contributed by atoms with Crippen molar-refractivity contribution in [3.05, 3.63) is 0 Å². The first-order valence-electron chi connectivity index (χ1n) is 6.91. The zero-order valence-corrected chi connectivity index (χ0v) is 10.4. The lowest BCUT2D eigenvalue weighted by Crippen LogP contribution is -2.69. The zero-order valence-electron chi connectivity index (χ0n) is 10.4. The highest BCUT2D eigenvalue weighted by molar-refractivity contribution is 5.05. The van der Waals surface area contributed by atoms with Gasteiger partial charge in [0, 0.05) is 18.6 Å². The van der Waals surface area contributed by atoms with Crippen molar-refractivity contribution in [2.75, 3.05) is 32.7 Å². The van der Waals surface area contributed by atoms with Gasteiger partial charge < -0.3 is 16.0 Å². The van der Waals surface area contributed by atoms with Gasteiger partial charge in [-0.05, 0) is 56.7 Å². The van der Waals surface area contributed by atoms with Crippen LogP contribution in [0.4, 0.5) is 0 Å². The molecule has 4 aliphatic rings. The maximum Gasteiger partial charge on any atom is 0.0462 e. The van der Waals surface area contributed by atoms with Crippen LogP contribution in [-0.4, -0.2) is 43.2 Å². The molecule has 0 aromatic rings. The lowest BCUT2D eigenvalue weighted by atomic mass is 9.72. The van der Waals surface area contributed by atoms with Crippen LogP contribution in [-0.2, 0) is 0 Å². The summed E-state index contributed by atoms with van der Waals surface area (Å²) < 4.78 is 0. The van der Waals surface area contributed by atoms with E-state index in [4.69, 9.17) is 5.73 Å². The van der Waals surface area contributed by atoms with E-state index in [0.29, 0.717) is 0 Å². The molecule has 0 aromatic carbocycles. The number of hydrogen-bond donors (Lipinski definition) is 2. The average Bonchev–Trinajstić information content (AvgIpc) is 3.04. The number of nitrogens with one attached hydrogen (secondary N) is 1. The fraction of sp³-hybridized carbons (Fsp3) is 1.00. The minimum absolute atomic E-state index is 0.249. The third-order valence-electron chi connectivity index (χ3n) is 5.23. The largest absolute Gasteiger partial charge is 0.329 e. The van der Waals surface area contributed by atoms with Crippen LogP contribution in [0.5, 0.6) is 0 Å². The van der Waals surface area contributed by atoms with Crippen molar-refractivity contribution >= 4 is 0 Å². The lowest BCUT2D eigenvalue weighted by molar-refractivity contribution is 0.0104. The van der Waals surface area contributed by atoms with Crippen molar-refractivity contribution in [1.82, 2.24) is 10.2 Å². The van der Waals surface area contributed by atoms with Gasteiger partial charge in [0.05, 0.1) is 0 Å². The summed E-state index contributed by atoms with van der Waals surface area (Å²) in [6.45, 7) is 8.16. The Hall–Kier alpha value is -0.120. The van der Waals surface area contributed by atoms with Crippen molar-refractivity contribution in [3.63, 3.8) is 0 Å². The van der Waals surface area contributed by atoms with E-state index >= 15 is 0 Å². The maximum atomic E-state index is 6.08. The van der Waals surface area contributed by atoms with Gasteiger partial charge in [0.2, 0.25) is 0 Å². The summed E-state index contributed by atoms with van der Waals surface area (Å²) in [7, 11) is 0. The van der Waals surface area contributed by atoms with Gasteiger partial charge in [-0.2, -0.15) is 0 Å². The molecule has 1 aliphatic carbocycles. The van der Waals surface area contributed by atoms with Crippen molar-refractivity contribution in [2.24, 2.45) is 23.5 Å². The molecule has 0 radical (unpaired) electrons. The zero-order chi connectivity index (χ0) is 11.2. The molecule has 3 atom stereocenters. The average molecular weight is 223 g/mol. The number of piperidine rings is 3. The minimum Gasteiger partial charge on any atom is -0.329 e. The molecule has 3 aliphatic heterocycles. The van der Waals surface area contributed by atoms with Crippen LogP contribution < -0.4 is 11.1 Å². The number of fused-ring (bicyclic) bond motifs is 3. The van der Waals surface area contributed by atoms with E-state index < -0.39 is 0 Å². The first-order chi connectivity index (χ1) is 7.73. The van der Waals surface area contributed by atoms with Crippen molar-refractivity contribution in [3.8, 4) is 0 Å². The van der Waals surface area contributed by atoms with Crippen LogP contribution in [0.2, 0.25) is 0 Å². The Morgan fingerprint density at radius 3 is 2.50 bits per heavy atom. The predicted molar refractivity (Wildman–Crippen MR) is 66.2 cm³/mol. The Kier molecular flexibility index (Phi) is 2.73. The summed E-state index contributed by atoms with van der Waals surface area (Å²) >= 11 is 0. The SMILES string of the molecule is CC1CC1CNC1(CN)CN2CCC1CC2. The smallest absolute Gasteiger partial charge is 0.0462 e. The Morgan fingerprint density at radius 2 is 2.06 bits per heavy atom. The van der Waals surface area contributed by atoms with Crippen LogP contribution in [0.3, 0.4) is 0 Å². The van der Waals surface area contributed by atoms with Gasteiger partial charge in [0.15, 0.2) is 0 Å². The van der Waals surface area contributed by atoms with Crippen molar-refractivity contribution in [1.29, 1.82) is 0 Å². The molecule has 3 heteroatoms. The normalized spacial score (nSPS) is 50.6. The molecule has 0 spiro atoms. The van der Waals surface area contributed by atoms with E-state index in [2.05, 4.69) is 17.1 Å². The minimum atomic E-state index is 0.249. The molecular weight excluding hydrogens is 198 g/mol. The molecule has 0 aromatic heterocycles. The number of nitrogens with zero attached hydrogens (tertiary/aromatic N) is 1. The monoisotopic (exact) mass is 223 g/mol. The van der Waals surface area contributed by atoms with Crippen LogP contribution in [0, 0.1) is 17.8 Å². The number of hydrogen-bond acceptors (Lipinski definition) is 3. The fourth-order valence-corrected chi connectivity index (χ4v) is 3.69. The molecule has 0 amide bonds. The molecule has 3 saturated heterocycles. The fourth-order valence-electron chi connectivity index (χ4n) is 3.69. The first kappa shape index (κ1) is 11.0. The Balaban J connectivity index is 1.63. The molecule has 4 rings (SSSR count). The molecule has 3 N–H and O–H groups in total. The Labute approximate surface area is 98.8 Å². The summed E-state index contributed by atoms with van der Waals surface area (Å²) in [5.41, 5.74) is 6.33. The van der Waals surface area contributed by atoms with E-state index in [9.17, 15) is 0 Å². The quantitative estimate of drug-likeness (QED) is 0.735. The third kappa shape index (κ3) is 1.79. The maximum absolute atomic E-state index is 6.08. The highest BCUT2D eigenvalue weighted by Crippen LogP contribution is 2.39. The van der Waals surface area contributed by atoms with Gasteiger partial charge >= 0.3 is 0 Å². The van der Waals surface area contributed by atoms with E-state index in [1.54, 1.807) is 0 Å². The summed E-state index contributed by atoms with van der Waals surface area (Å²) in [6.07, 6.45) is 4.12. The van der Waals surface area contributed by atoms with E-state index in [1.165, 1.54) is 45.4 Å². The highest BCUT2D eigenvalue weighted by atomic mass is 15.2. The van der Waals surface area contributed by atoms with Gasteiger partial charge in [-0.3, -0.25) is 0 Å². The summed E-state index contributed by atoms with van der Waals surface area (Å²) in [5, 5.41) is 3.84. The summed E-state index contributed by atoms with van der Waals surface area (Å²) in [4.78, 5) is 2.59.